The van der Waals surface area contributed by atoms with Gasteiger partial charge in [0.15, 0.2) is 8.07 Å². The van der Waals surface area contributed by atoms with E-state index in [0.29, 0.717) is 28.3 Å². The molecule has 5 nitrogen and oxygen atoms in total. The van der Waals surface area contributed by atoms with Crippen LogP contribution < -0.4 is 30.1 Å². The number of benzene rings is 13. The van der Waals surface area contributed by atoms with Crippen molar-refractivity contribution in [2.45, 2.75) is 26.2 Å². The van der Waals surface area contributed by atoms with Gasteiger partial charge in [0.1, 0.15) is 5.82 Å². The van der Waals surface area contributed by atoms with Gasteiger partial charge >= 0.3 is 0 Å². The number of aromatic nitrogens is 4. The van der Waals surface area contributed by atoms with Gasteiger partial charge in [-0.25, -0.2) is 4.98 Å². The van der Waals surface area contributed by atoms with Crippen LogP contribution in [-0.4, -0.2) is 22.0 Å². The number of nitrogens with zero attached hydrogens (tertiary/aromatic N) is 4. The van der Waals surface area contributed by atoms with Crippen molar-refractivity contribution < 1.29 is 37.2 Å². The second-order valence-electron chi connectivity index (χ2n) is 25.4. The quantitative estimate of drug-likeness (QED) is 0.0658. The Kier molecular flexibility index (Phi) is 12.7. The van der Waals surface area contributed by atoms with Gasteiger partial charge in [0.05, 0.1) is 23.6 Å². The van der Waals surface area contributed by atoms with Gasteiger partial charge in [0, 0.05) is 44.3 Å². The summed E-state index contributed by atoms with van der Waals surface area (Å²) in [5, 5.41) is 12.2. The molecule has 7 heteroatoms. The SMILES string of the molecule is [2H]c1c([2H])c([2H])c(-c2cc([Si](c3ccccc3)(c3ccccc3)c3ccccc3)cc3c2-[n+]2[c-]n4c5[c-]c(Oc6[c-]c7c(cc6)c6ccccc6n7-c6cc(C(C)(C)C)ccn6)ccc5c5ccccc5c5ccccc5c5ccc(c2c54)-c2ccccc2-c2ccccc2-3)c([2H])c1[2H].[Pt]. The number of hydrogen-bond acceptors (Lipinski definition) is 2. The van der Waals surface area contributed by atoms with Crippen molar-refractivity contribution in [2.24, 2.45) is 0 Å². The molecule has 5 heterocycles. The van der Waals surface area contributed by atoms with Gasteiger partial charge in [-0.3, -0.25) is 4.57 Å². The van der Waals surface area contributed by atoms with Crippen molar-refractivity contribution in [1.29, 1.82) is 0 Å². The first-order valence-corrected chi connectivity index (χ1v) is 33.9. The van der Waals surface area contributed by atoms with E-state index < -0.39 is 26.2 Å². The fraction of sp³-hybridized carbons (Fsp3) is 0.0455. The Morgan fingerprint density at radius 1 is 0.432 bits per heavy atom. The zero-order valence-electron chi connectivity index (χ0n) is 57.1. The maximum atomic E-state index is 10.2. The molecule has 13 aromatic carbocycles. The molecule has 0 amide bonds. The van der Waals surface area contributed by atoms with Crippen LogP contribution in [-0.2, 0) is 26.5 Å². The second-order valence-corrected chi connectivity index (χ2v) is 29.2. The van der Waals surface area contributed by atoms with E-state index in [4.69, 9.17) is 11.1 Å². The number of pyridine rings is 1. The monoisotopic (exact) mass is 1420 g/mol. The number of fused-ring (bicyclic) bond motifs is 17. The van der Waals surface area contributed by atoms with Crippen molar-refractivity contribution in [1.82, 2.24) is 14.0 Å². The average Bonchev–Trinajstić information content (AvgIpc) is 1.39. The molecule has 18 rings (SSSR count). The van der Waals surface area contributed by atoms with E-state index >= 15 is 0 Å². The van der Waals surface area contributed by atoms with Crippen LogP contribution in [0.2, 0.25) is 0 Å². The summed E-state index contributed by atoms with van der Waals surface area (Å²) in [7, 11) is -3.50. The zero-order chi connectivity index (χ0) is 67.0. The number of hydrogen-bond donors (Lipinski definition) is 0. The molecule has 95 heavy (non-hydrogen) atoms. The van der Waals surface area contributed by atoms with Crippen LogP contribution in [0, 0.1) is 18.5 Å². The third kappa shape index (κ3) is 9.22. The van der Waals surface area contributed by atoms with Crippen LogP contribution in [0.4, 0.5) is 0 Å². The Morgan fingerprint density at radius 3 is 1.49 bits per heavy atom. The predicted molar refractivity (Wildman–Crippen MR) is 391 cm³/mol. The molecule has 0 aliphatic carbocycles. The largest absolute Gasteiger partial charge is 0.510 e. The summed E-state index contributed by atoms with van der Waals surface area (Å²) in [4.78, 5) is 4.97. The number of imidazole rings is 1. The predicted octanol–water partition coefficient (Wildman–Crippen LogP) is 18.7. The van der Waals surface area contributed by atoms with Crippen molar-refractivity contribution >= 4 is 99.5 Å². The molecule has 0 spiro atoms. The molecule has 4 aromatic heterocycles. The van der Waals surface area contributed by atoms with E-state index in [9.17, 15) is 5.48 Å². The topological polar surface area (TPSA) is 35.3 Å². The molecule has 0 radical (unpaired) electrons. The Labute approximate surface area is 574 Å². The van der Waals surface area contributed by atoms with E-state index in [2.05, 4.69) is 295 Å². The molecule has 454 valence electrons. The van der Waals surface area contributed by atoms with E-state index in [1.165, 1.54) is 0 Å². The summed E-state index contributed by atoms with van der Waals surface area (Å²) in [5.74, 6) is 1.70. The molecule has 17 aromatic rings. The van der Waals surface area contributed by atoms with Gasteiger partial charge in [-0.1, -0.05) is 292 Å². The molecule has 1 aliphatic rings. The van der Waals surface area contributed by atoms with Crippen LogP contribution in [0.25, 0.3) is 127 Å². The van der Waals surface area contributed by atoms with E-state index in [0.717, 1.165) is 131 Å². The van der Waals surface area contributed by atoms with Gasteiger partial charge in [-0.05, 0) is 127 Å². The first-order chi connectivity index (χ1) is 48.3. The molecule has 0 saturated carbocycles. The Bertz CT molecular complexity index is 6140. The molecule has 0 bridgehead atoms. The number of ether oxygens (including phenoxy) is 1. The minimum absolute atomic E-state index is 0. The van der Waals surface area contributed by atoms with Crippen LogP contribution in [0.15, 0.2) is 309 Å². The van der Waals surface area contributed by atoms with Crippen LogP contribution in [0.1, 0.15) is 33.2 Å². The first-order valence-electron chi connectivity index (χ1n) is 34.4. The maximum Gasteiger partial charge on any atom is 0.268 e. The fourth-order valence-electron chi connectivity index (χ4n) is 15.0. The Hall–Kier alpha value is -11.0. The Balaban J connectivity index is 0.00000748. The van der Waals surface area contributed by atoms with E-state index in [-0.39, 0.29) is 44.1 Å². The van der Waals surface area contributed by atoms with Crippen LogP contribution in [0.5, 0.6) is 11.5 Å². The smallest absolute Gasteiger partial charge is 0.268 e. The summed E-state index contributed by atoms with van der Waals surface area (Å²) < 4.78 is 62.0. The second kappa shape index (κ2) is 22.9. The molecular formula is C88H60N4OPtSi-2. The summed E-state index contributed by atoms with van der Waals surface area (Å²) >= 11 is 0. The Morgan fingerprint density at radius 2 is 0.905 bits per heavy atom. The van der Waals surface area contributed by atoms with Gasteiger partial charge in [0.25, 0.3) is 6.33 Å². The number of para-hydroxylation sites is 1. The molecule has 1 aliphatic heterocycles. The van der Waals surface area contributed by atoms with Gasteiger partial charge in [0.2, 0.25) is 0 Å². The summed E-state index contributed by atoms with van der Waals surface area (Å²) in [5.41, 5.74) is 11.7. The normalized spacial score (nSPS) is 12.8. The minimum atomic E-state index is -3.50. The van der Waals surface area contributed by atoms with Gasteiger partial charge in [-0.2, -0.15) is 12.1 Å². The summed E-state index contributed by atoms with van der Waals surface area (Å²) in [6.07, 6.45) is 5.98. The third-order valence-corrected chi connectivity index (χ3v) is 23.9. The molecule has 0 unspecified atom stereocenters. The summed E-state index contributed by atoms with van der Waals surface area (Å²) in [6.45, 7) is 6.64. The average molecular weight is 1420 g/mol. The van der Waals surface area contributed by atoms with Gasteiger partial charge in [-0.15, -0.1) is 35.0 Å². The van der Waals surface area contributed by atoms with E-state index in [1.807, 2.05) is 36.5 Å². The zero-order valence-corrected chi connectivity index (χ0v) is 55.3. The standard InChI is InChI=1S/C88H60N4OSi.Pt/c1-88(2,3)59-50-51-89-84(52-59)92-81-43-25-24-42-74(81)76-47-45-61(54-83(76)92)93-60-44-46-75-70-38-20-16-34-66(70)67-35-17-21-39-71(67)77-48-49-78-72-40-22-18-36-68(72)69-37-19-23-41-73(69)80-56-65(94(62-28-10-5-11-29-62,63-30-12-6-13-31-63)64-32-14-7-15-33-64)55-79(58-26-8-4-9-27-58)85(80)91-57-90(82(75)53-60)86(77)87(78)91;/h4-52,55-56H,1-3H3;/q-2;/i4D,8D,9D,26D,27D;. The molecule has 0 fully saturated rings. The van der Waals surface area contributed by atoms with Crippen molar-refractivity contribution in [3.05, 3.63) is 333 Å². The van der Waals surface area contributed by atoms with Gasteiger partial charge < -0.3 is 13.7 Å². The maximum absolute atomic E-state index is 10.2. The van der Waals surface area contributed by atoms with Crippen molar-refractivity contribution in [3.8, 4) is 67.5 Å². The van der Waals surface area contributed by atoms with Crippen LogP contribution >= 0.6 is 0 Å². The molecule has 0 N–H and O–H groups in total. The number of rotatable bonds is 8. The minimum Gasteiger partial charge on any atom is -0.510 e. The first kappa shape index (κ1) is 52.5. The van der Waals surface area contributed by atoms with Crippen LogP contribution in [0.3, 0.4) is 0 Å². The summed E-state index contributed by atoms with van der Waals surface area (Å²) in [6, 6.07) is 102. The molecule has 0 saturated heterocycles. The fourth-order valence-corrected chi connectivity index (χ4v) is 19.8. The van der Waals surface area contributed by atoms with E-state index in [1.54, 1.807) is 0 Å². The third-order valence-electron chi connectivity index (χ3n) is 19.1. The van der Waals surface area contributed by atoms with Crippen molar-refractivity contribution in [2.75, 3.05) is 0 Å². The molecular weight excluding hydrogens is 1350 g/mol. The van der Waals surface area contributed by atoms with Crippen molar-refractivity contribution in [3.63, 3.8) is 0 Å². The molecule has 0 atom stereocenters.